The summed E-state index contributed by atoms with van der Waals surface area (Å²) in [6, 6.07) is 15.0. The van der Waals surface area contributed by atoms with Crippen LogP contribution < -0.4 is 14.4 Å². The molecular formula is C24H26N2O4. The average Bonchev–Trinajstić information content (AvgIpc) is 3.24. The lowest BCUT2D eigenvalue weighted by atomic mass is 10.0. The molecule has 6 nitrogen and oxygen atoms in total. The number of ether oxygens (including phenoxy) is 2. The number of aryl methyl sites for hydroxylation is 1. The van der Waals surface area contributed by atoms with Gasteiger partial charge in [-0.1, -0.05) is 13.0 Å². The van der Waals surface area contributed by atoms with E-state index >= 15 is 0 Å². The molecule has 0 atom stereocenters. The molecule has 6 heteroatoms. The van der Waals surface area contributed by atoms with Gasteiger partial charge in [0.25, 0.3) is 0 Å². The zero-order valence-electron chi connectivity index (χ0n) is 17.2. The number of carboxylic acids is 1. The molecule has 1 fully saturated rings. The van der Waals surface area contributed by atoms with Crippen LogP contribution in [0.25, 0.3) is 5.69 Å². The second kappa shape index (κ2) is 8.53. The standard InChI is InChI=1S/C24H26N2O4/c1-3-14-29-18-7-9-19(10-8-18)30-20-15-26(16-20)22-17(2)6-11-21(24(27)28)23(22)25-12-4-5-13-25/h4-13,20H,3,14-16H2,1-2H3,(H,27,28). The van der Waals surface area contributed by atoms with E-state index in [2.05, 4.69) is 11.8 Å². The maximum absolute atomic E-state index is 11.8. The minimum absolute atomic E-state index is 0.0535. The highest BCUT2D eigenvalue weighted by Gasteiger charge is 2.33. The zero-order valence-corrected chi connectivity index (χ0v) is 17.2. The van der Waals surface area contributed by atoms with Gasteiger partial charge >= 0.3 is 5.97 Å². The summed E-state index contributed by atoms with van der Waals surface area (Å²) in [5.41, 5.74) is 2.97. The third kappa shape index (κ3) is 3.99. The molecule has 1 saturated heterocycles. The van der Waals surface area contributed by atoms with E-state index in [9.17, 15) is 9.90 Å². The zero-order chi connectivity index (χ0) is 21.1. The van der Waals surface area contributed by atoms with Crippen molar-refractivity contribution in [3.8, 4) is 17.2 Å². The maximum Gasteiger partial charge on any atom is 0.337 e. The SMILES string of the molecule is CCCOc1ccc(OC2CN(c3c(C)ccc(C(=O)O)c3-n3cccc3)C2)cc1. The van der Waals surface area contributed by atoms with Gasteiger partial charge in [-0.15, -0.1) is 0 Å². The molecule has 0 spiro atoms. The Bertz CT molecular complexity index is 1010. The minimum Gasteiger partial charge on any atom is -0.494 e. The summed E-state index contributed by atoms with van der Waals surface area (Å²) in [7, 11) is 0. The first-order valence-electron chi connectivity index (χ1n) is 10.2. The van der Waals surface area contributed by atoms with Crippen LogP contribution in [0.3, 0.4) is 0 Å². The molecule has 0 unspecified atom stereocenters. The molecule has 1 aliphatic heterocycles. The molecule has 4 rings (SSSR count). The molecule has 1 N–H and O–H groups in total. The van der Waals surface area contributed by atoms with Crippen molar-refractivity contribution in [2.45, 2.75) is 26.4 Å². The molecule has 0 aliphatic carbocycles. The van der Waals surface area contributed by atoms with Gasteiger partial charge in [0.05, 0.1) is 36.6 Å². The summed E-state index contributed by atoms with van der Waals surface area (Å²) in [5.74, 6) is 0.723. The van der Waals surface area contributed by atoms with E-state index in [1.54, 1.807) is 6.07 Å². The molecule has 0 radical (unpaired) electrons. The van der Waals surface area contributed by atoms with E-state index in [0.717, 1.165) is 29.2 Å². The van der Waals surface area contributed by atoms with Crippen LogP contribution in [0.4, 0.5) is 5.69 Å². The molecule has 0 bridgehead atoms. The Morgan fingerprint density at radius 1 is 1.03 bits per heavy atom. The van der Waals surface area contributed by atoms with Crippen molar-refractivity contribution in [1.82, 2.24) is 4.57 Å². The molecule has 3 aromatic rings. The van der Waals surface area contributed by atoms with Gasteiger partial charge in [0.1, 0.15) is 17.6 Å². The summed E-state index contributed by atoms with van der Waals surface area (Å²) >= 11 is 0. The number of carboxylic acid groups (broad SMARTS) is 1. The lowest BCUT2D eigenvalue weighted by Crippen LogP contribution is -2.54. The number of nitrogens with zero attached hydrogens (tertiary/aromatic N) is 2. The van der Waals surface area contributed by atoms with Gasteiger partial charge in [-0.2, -0.15) is 0 Å². The predicted molar refractivity (Wildman–Crippen MR) is 116 cm³/mol. The molecule has 156 valence electrons. The van der Waals surface area contributed by atoms with Gasteiger partial charge in [-0.25, -0.2) is 4.79 Å². The number of benzene rings is 2. The van der Waals surface area contributed by atoms with Crippen molar-refractivity contribution in [3.05, 3.63) is 72.1 Å². The molecule has 2 heterocycles. The van der Waals surface area contributed by atoms with Crippen LogP contribution in [-0.2, 0) is 0 Å². The number of anilines is 1. The predicted octanol–water partition coefficient (Wildman–Crippen LogP) is 4.54. The Morgan fingerprint density at radius 3 is 2.33 bits per heavy atom. The second-order valence-electron chi connectivity index (χ2n) is 7.49. The van der Waals surface area contributed by atoms with Crippen molar-refractivity contribution < 1.29 is 19.4 Å². The Balaban J connectivity index is 1.49. The average molecular weight is 406 g/mol. The largest absolute Gasteiger partial charge is 0.494 e. The van der Waals surface area contributed by atoms with E-state index in [1.165, 1.54) is 0 Å². The lowest BCUT2D eigenvalue weighted by Gasteiger charge is -2.42. The topological polar surface area (TPSA) is 63.9 Å². The van der Waals surface area contributed by atoms with Gasteiger partial charge in [0.2, 0.25) is 0 Å². The fraction of sp³-hybridized carbons (Fsp3) is 0.292. The second-order valence-corrected chi connectivity index (χ2v) is 7.49. The van der Waals surface area contributed by atoms with E-state index in [0.29, 0.717) is 30.9 Å². The van der Waals surface area contributed by atoms with Crippen molar-refractivity contribution in [3.63, 3.8) is 0 Å². The fourth-order valence-electron chi connectivity index (χ4n) is 3.72. The summed E-state index contributed by atoms with van der Waals surface area (Å²) in [4.78, 5) is 14.0. The van der Waals surface area contributed by atoms with E-state index in [-0.39, 0.29) is 6.10 Å². The van der Waals surface area contributed by atoms with Crippen LogP contribution in [0.1, 0.15) is 29.3 Å². The van der Waals surface area contributed by atoms with E-state index in [4.69, 9.17) is 9.47 Å². The number of hydrogen-bond acceptors (Lipinski definition) is 4. The number of aromatic nitrogens is 1. The Morgan fingerprint density at radius 2 is 1.70 bits per heavy atom. The Labute approximate surface area is 176 Å². The molecule has 0 saturated carbocycles. The summed E-state index contributed by atoms with van der Waals surface area (Å²) in [6.45, 7) is 6.20. The summed E-state index contributed by atoms with van der Waals surface area (Å²) < 4.78 is 13.6. The molecular weight excluding hydrogens is 380 g/mol. The lowest BCUT2D eigenvalue weighted by molar-refractivity contribution is 0.0697. The van der Waals surface area contributed by atoms with E-state index < -0.39 is 5.97 Å². The van der Waals surface area contributed by atoms with Crippen LogP contribution in [0.2, 0.25) is 0 Å². The highest BCUT2D eigenvalue weighted by Crippen LogP contribution is 2.35. The Kier molecular flexibility index (Phi) is 5.65. The maximum atomic E-state index is 11.8. The van der Waals surface area contributed by atoms with Gasteiger partial charge in [-0.05, 0) is 61.4 Å². The third-order valence-corrected chi connectivity index (χ3v) is 5.21. The van der Waals surface area contributed by atoms with Gasteiger partial charge < -0.3 is 24.0 Å². The Hall–Kier alpha value is -3.41. The molecule has 1 aromatic heterocycles. The van der Waals surface area contributed by atoms with Crippen LogP contribution in [0.15, 0.2) is 60.9 Å². The highest BCUT2D eigenvalue weighted by atomic mass is 16.5. The first-order chi connectivity index (χ1) is 14.6. The highest BCUT2D eigenvalue weighted by molar-refractivity contribution is 5.96. The van der Waals surface area contributed by atoms with Gasteiger partial charge in [0, 0.05) is 12.4 Å². The van der Waals surface area contributed by atoms with Crippen LogP contribution >= 0.6 is 0 Å². The first kappa shape index (κ1) is 19.9. The number of rotatable bonds is 8. The molecule has 1 aliphatic rings. The monoisotopic (exact) mass is 406 g/mol. The van der Waals surface area contributed by atoms with Crippen LogP contribution in [-0.4, -0.2) is 41.4 Å². The molecule has 0 amide bonds. The van der Waals surface area contributed by atoms with Crippen molar-refractivity contribution in [2.24, 2.45) is 0 Å². The summed E-state index contributed by atoms with van der Waals surface area (Å²) in [6.07, 6.45) is 4.78. The van der Waals surface area contributed by atoms with Crippen molar-refractivity contribution in [2.75, 3.05) is 24.6 Å². The molecule has 30 heavy (non-hydrogen) atoms. The van der Waals surface area contributed by atoms with Gasteiger partial charge in [0.15, 0.2) is 0 Å². The quantitative estimate of drug-likeness (QED) is 0.595. The first-order valence-corrected chi connectivity index (χ1v) is 10.2. The van der Waals surface area contributed by atoms with Crippen molar-refractivity contribution in [1.29, 1.82) is 0 Å². The van der Waals surface area contributed by atoms with Crippen LogP contribution in [0.5, 0.6) is 11.5 Å². The van der Waals surface area contributed by atoms with Crippen molar-refractivity contribution >= 4 is 11.7 Å². The third-order valence-electron chi connectivity index (χ3n) is 5.21. The van der Waals surface area contributed by atoms with Gasteiger partial charge in [-0.3, -0.25) is 0 Å². The van der Waals surface area contributed by atoms with E-state index in [1.807, 2.05) is 66.3 Å². The number of aromatic carboxylic acids is 1. The van der Waals surface area contributed by atoms with Crippen LogP contribution in [0, 0.1) is 6.92 Å². The summed E-state index contributed by atoms with van der Waals surface area (Å²) in [5, 5.41) is 9.71. The molecule has 2 aromatic carbocycles. The fourth-order valence-corrected chi connectivity index (χ4v) is 3.72. The normalized spacial score (nSPS) is 13.7. The minimum atomic E-state index is -0.932. The smallest absolute Gasteiger partial charge is 0.337 e. The number of hydrogen-bond donors (Lipinski definition) is 1. The number of carbonyl (C=O) groups is 1.